The van der Waals surface area contributed by atoms with E-state index in [1.807, 2.05) is 43.3 Å². The van der Waals surface area contributed by atoms with E-state index in [4.69, 9.17) is 0 Å². The zero-order valence-corrected chi connectivity index (χ0v) is 18.7. The second-order valence-electron chi connectivity index (χ2n) is 7.29. The number of hydrogen-bond acceptors (Lipinski definition) is 4. The minimum atomic E-state index is -3.65. The quantitative estimate of drug-likeness (QED) is 0.677. The Morgan fingerprint density at radius 2 is 1.72 bits per heavy atom. The number of piperazine rings is 1. The molecule has 1 amide bonds. The van der Waals surface area contributed by atoms with Crippen molar-refractivity contribution in [3.05, 3.63) is 52.5 Å². The highest BCUT2D eigenvalue weighted by Gasteiger charge is 2.33. The van der Waals surface area contributed by atoms with Crippen molar-refractivity contribution in [3.63, 3.8) is 0 Å². The molecule has 0 spiro atoms. The van der Waals surface area contributed by atoms with Crippen molar-refractivity contribution >= 4 is 43.2 Å². The number of carbonyl (C=O) groups excluding carboxylic acids is 1. The maximum atomic E-state index is 13.4. The van der Waals surface area contributed by atoms with Gasteiger partial charge in [0.2, 0.25) is 15.9 Å². The van der Waals surface area contributed by atoms with E-state index >= 15 is 0 Å². The average Bonchev–Trinajstić information content (AvgIpc) is 3.16. The van der Waals surface area contributed by atoms with Crippen LogP contribution in [-0.4, -0.2) is 51.4 Å². The number of hydrogen-bond donors (Lipinski definition) is 0. The predicted molar refractivity (Wildman–Crippen MR) is 118 cm³/mol. The maximum Gasteiger partial charge on any atom is 0.244 e. The highest BCUT2D eigenvalue weighted by Crippen LogP contribution is 2.37. The van der Waals surface area contributed by atoms with Crippen LogP contribution in [-0.2, 0) is 21.2 Å². The summed E-state index contributed by atoms with van der Waals surface area (Å²) in [6, 6.07) is 13.6. The molecule has 2 aliphatic rings. The molecule has 0 aromatic heterocycles. The Bertz CT molecular complexity index is 1020. The van der Waals surface area contributed by atoms with E-state index in [1.165, 1.54) is 0 Å². The molecule has 8 heteroatoms. The summed E-state index contributed by atoms with van der Waals surface area (Å²) in [6.45, 7) is 4.58. The molecule has 0 unspecified atom stereocenters. The molecule has 2 aromatic rings. The number of sulfonamides is 1. The minimum Gasteiger partial charge on any atom is -0.369 e. The number of nitrogens with zero attached hydrogens (tertiary/aromatic N) is 3. The van der Waals surface area contributed by atoms with Gasteiger partial charge in [-0.05, 0) is 52.2 Å². The van der Waals surface area contributed by atoms with E-state index < -0.39 is 10.0 Å². The van der Waals surface area contributed by atoms with E-state index in [-0.39, 0.29) is 10.8 Å². The molecule has 2 heterocycles. The standard InChI is InChI=1S/C21H24BrN3O3S/c1-2-21(26)25-9-8-16-14-18(22)20(15-19(16)25)29(27,28)24-12-10-23(11-13-24)17-6-4-3-5-7-17/h3-7,14-15H,2,8-13H2,1H3. The molecule has 2 aliphatic heterocycles. The molecular formula is C21H24BrN3O3S. The van der Waals surface area contributed by atoms with Gasteiger partial charge in [0.15, 0.2) is 0 Å². The van der Waals surface area contributed by atoms with Crippen LogP contribution < -0.4 is 9.80 Å². The van der Waals surface area contributed by atoms with Gasteiger partial charge in [0.1, 0.15) is 0 Å². The summed E-state index contributed by atoms with van der Waals surface area (Å²) < 4.78 is 28.8. The van der Waals surface area contributed by atoms with Crippen molar-refractivity contribution in [3.8, 4) is 0 Å². The molecule has 1 saturated heterocycles. The lowest BCUT2D eigenvalue weighted by Gasteiger charge is -2.35. The van der Waals surface area contributed by atoms with Crippen LogP contribution in [0.25, 0.3) is 0 Å². The van der Waals surface area contributed by atoms with Gasteiger partial charge in [-0.3, -0.25) is 4.79 Å². The number of rotatable bonds is 4. The molecule has 29 heavy (non-hydrogen) atoms. The molecule has 1 fully saturated rings. The van der Waals surface area contributed by atoms with Gasteiger partial charge in [0, 0.05) is 55.0 Å². The van der Waals surface area contributed by atoms with Crippen LogP contribution in [0, 0.1) is 0 Å². The average molecular weight is 478 g/mol. The lowest BCUT2D eigenvalue weighted by molar-refractivity contribution is -0.118. The fourth-order valence-corrected chi connectivity index (χ4v) is 6.49. The Labute approximate surface area is 180 Å². The number of para-hydroxylation sites is 1. The fraction of sp³-hybridized carbons (Fsp3) is 0.381. The van der Waals surface area contributed by atoms with E-state index in [0.29, 0.717) is 43.6 Å². The monoisotopic (exact) mass is 477 g/mol. The number of anilines is 2. The van der Waals surface area contributed by atoms with E-state index in [9.17, 15) is 13.2 Å². The first kappa shape index (κ1) is 20.4. The van der Waals surface area contributed by atoms with E-state index in [2.05, 4.69) is 20.8 Å². The third kappa shape index (κ3) is 3.81. The number of halogens is 1. The maximum absolute atomic E-state index is 13.4. The van der Waals surface area contributed by atoms with Crippen LogP contribution in [0.3, 0.4) is 0 Å². The van der Waals surface area contributed by atoms with Crippen molar-refractivity contribution in [2.45, 2.75) is 24.7 Å². The SMILES string of the molecule is CCC(=O)N1CCc2cc(Br)c(S(=O)(=O)N3CCN(c4ccccc4)CC3)cc21. The Kier molecular flexibility index (Phi) is 5.68. The van der Waals surface area contributed by atoms with Crippen LogP contribution >= 0.6 is 15.9 Å². The van der Waals surface area contributed by atoms with Crippen LogP contribution in [0.15, 0.2) is 51.8 Å². The fourth-order valence-electron chi connectivity index (χ4n) is 4.00. The summed E-state index contributed by atoms with van der Waals surface area (Å²) in [5.74, 6) is 0.0193. The minimum absolute atomic E-state index is 0.0193. The normalized spacial score (nSPS) is 17.4. The van der Waals surface area contributed by atoms with Crippen molar-refractivity contribution < 1.29 is 13.2 Å². The van der Waals surface area contributed by atoms with Crippen LogP contribution in [0.1, 0.15) is 18.9 Å². The first-order chi connectivity index (χ1) is 13.9. The first-order valence-electron chi connectivity index (χ1n) is 9.84. The van der Waals surface area contributed by atoms with Crippen molar-refractivity contribution in [2.75, 3.05) is 42.5 Å². The van der Waals surface area contributed by atoms with Crippen molar-refractivity contribution in [1.82, 2.24) is 4.31 Å². The first-order valence-corrected chi connectivity index (χ1v) is 12.1. The zero-order chi connectivity index (χ0) is 20.6. The molecule has 6 nitrogen and oxygen atoms in total. The topological polar surface area (TPSA) is 60.9 Å². The summed E-state index contributed by atoms with van der Waals surface area (Å²) in [5.41, 5.74) is 2.84. The van der Waals surface area contributed by atoms with Crippen LogP contribution in [0.4, 0.5) is 11.4 Å². The van der Waals surface area contributed by atoms with Gasteiger partial charge in [-0.15, -0.1) is 0 Å². The van der Waals surface area contributed by atoms with Gasteiger partial charge in [-0.2, -0.15) is 4.31 Å². The van der Waals surface area contributed by atoms with Gasteiger partial charge in [0.25, 0.3) is 0 Å². The lowest BCUT2D eigenvalue weighted by atomic mass is 10.2. The smallest absolute Gasteiger partial charge is 0.244 e. The Morgan fingerprint density at radius 3 is 2.38 bits per heavy atom. The molecule has 0 bridgehead atoms. The number of carbonyl (C=O) groups is 1. The molecule has 4 rings (SSSR count). The third-order valence-corrected chi connectivity index (χ3v) is 8.47. The van der Waals surface area contributed by atoms with Gasteiger partial charge in [0.05, 0.1) is 4.90 Å². The van der Waals surface area contributed by atoms with E-state index in [0.717, 1.165) is 23.4 Å². The Hall–Kier alpha value is -1.90. The number of amides is 1. The third-order valence-electron chi connectivity index (χ3n) is 5.61. The molecule has 0 radical (unpaired) electrons. The van der Waals surface area contributed by atoms with Gasteiger partial charge >= 0.3 is 0 Å². The highest BCUT2D eigenvalue weighted by atomic mass is 79.9. The Balaban J connectivity index is 1.58. The highest BCUT2D eigenvalue weighted by molar-refractivity contribution is 9.10. The predicted octanol–water partition coefficient (Wildman–Crippen LogP) is 3.26. The van der Waals surface area contributed by atoms with Crippen molar-refractivity contribution in [1.29, 1.82) is 0 Å². The van der Waals surface area contributed by atoms with Gasteiger partial charge < -0.3 is 9.80 Å². The van der Waals surface area contributed by atoms with Gasteiger partial charge in [-0.1, -0.05) is 25.1 Å². The summed E-state index contributed by atoms with van der Waals surface area (Å²) in [6.07, 6.45) is 1.15. The molecular weight excluding hydrogens is 454 g/mol. The van der Waals surface area contributed by atoms with Crippen LogP contribution in [0.5, 0.6) is 0 Å². The number of benzene rings is 2. The summed E-state index contributed by atoms with van der Waals surface area (Å²) in [5, 5.41) is 0. The Morgan fingerprint density at radius 1 is 1.03 bits per heavy atom. The summed E-state index contributed by atoms with van der Waals surface area (Å²) in [7, 11) is -3.65. The summed E-state index contributed by atoms with van der Waals surface area (Å²) in [4.78, 5) is 16.4. The zero-order valence-electron chi connectivity index (χ0n) is 16.3. The second kappa shape index (κ2) is 8.08. The largest absolute Gasteiger partial charge is 0.369 e. The molecule has 2 aromatic carbocycles. The second-order valence-corrected chi connectivity index (χ2v) is 10.0. The molecule has 0 saturated carbocycles. The summed E-state index contributed by atoms with van der Waals surface area (Å²) >= 11 is 3.46. The molecule has 0 atom stereocenters. The van der Waals surface area contributed by atoms with E-state index in [1.54, 1.807) is 15.3 Å². The molecule has 0 N–H and O–H groups in total. The number of fused-ring (bicyclic) bond motifs is 1. The van der Waals surface area contributed by atoms with Crippen LogP contribution in [0.2, 0.25) is 0 Å². The van der Waals surface area contributed by atoms with Crippen molar-refractivity contribution in [2.24, 2.45) is 0 Å². The lowest BCUT2D eigenvalue weighted by Crippen LogP contribution is -2.48. The molecule has 0 aliphatic carbocycles. The molecule has 154 valence electrons. The van der Waals surface area contributed by atoms with Gasteiger partial charge in [-0.25, -0.2) is 8.42 Å².